The summed E-state index contributed by atoms with van der Waals surface area (Å²) >= 11 is 1.79. The van der Waals surface area contributed by atoms with Gasteiger partial charge in [-0.2, -0.15) is 4.57 Å². The van der Waals surface area contributed by atoms with E-state index in [2.05, 4.69) is 92.4 Å². The molecule has 434 valence electrons. The van der Waals surface area contributed by atoms with Gasteiger partial charge in [-0.15, -0.1) is 0 Å². The molecular formula is C60H87N6O12S+. The van der Waals surface area contributed by atoms with Crippen LogP contribution in [-0.4, -0.2) is 108 Å². The highest BCUT2D eigenvalue weighted by atomic mass is 32.1. The minimum absolute atomic E-state index is 0.0897. The van der Waals surface area contributed by atoms with Crippen LogP contribution >= 0.6 is 11.3 Å². The van der Waals surface area contributed by atoms with Crippen LogP contribution in [0, 0.1) is 11.8 Å². The number of thiazole rings is 1. The molecular weight excluding hydrogens is 1030 g/mol. The van der Waals surface area contributed by atoms with Crippen molar-refractivity contribution in [1.82, 2.24) is 21.3 Å². The van der Waals surface area contributed by atoms with E-state index in [9.17, 15) is 43.2 Å². The summed E-state index contributed by atoms with van der Waals surface area (Å²) in [5.74, 6) is -7.26. The first-order chi connectivity index (χ1) is 36.9. The van der Waals surface area contributed by atoms with E-state index in [1.165, 1.54) is 32.0 Å². The third-order valence-electron chi connectivity index (χ3n) is 12.9. The monoisotopic (exact) mass is 1120 g/mol. The summed E-state index contributed by atoms with van der Waals surface area (Å²) in [6.45, 7) is 21.5. The van der Waals surface area contributed by atoms with Gasteiger partial charge in [0.05, 0.1) is 24.9 Å². The van der Waals surface area contributed by atoms with Crippen molar-refractivity contribution in [2.75, 3.05) is 24.5 Å². The Hall–Kier alpha value is -6.50. The molecule has 0 fully saturated rings. The molecule has 0 bridgehead atoms. The molecule has 0 unspecified atom stereocenters. The quantitative estimate of drug-likeness (QED) is 0.0235. The first-order valence-corrected chi connectivity index (χ1v) is 28.5. The molecule has 4 amide bonds. The highest BCUT2D eigenvalue weighted by Crippen LogP contribution is 2.37. The van der Waals surface area contributed by atoms with E-state index in [4.69, 9.17) is 14.2 Å². The smallest absolute Gasteiger partial charge is 0.308 e. The van der Waals surface area contributed by atoms with Gasteiger partial charge in [0, 0.05) is 81.6 Å². The number of Topliss-reactive ketones (excluding diaryl/α,β-unsaturated/α-hetero) is 2. The lowest BCUT2D eigenvalue weighted by Crippen LogP contribution is -2.53. The topological polar surface area (TPSA) is 237 Å². The predicted octanol–water partition coefficient (Wildman–Crippen LogP) is 7.79. The fourth-order valence-electron chi connectivity index (χ4n) is 9.14. The maximum absolute atomic E-state index is 14.2. The number of benzene rings is 2. The van der Waals surface area contributed by atoms with E-state index in [0.717, 1.165) is 39.3 Å². The molecule has 0 spiro atoms. The Bertz CT molecular complexity index is 2670. The van der Waals surface area contributed by atoms with Gasteiger partial charge in [-0.3, -0.25) is 43.2 Å². The van der Waals surface area contributed by atoms with Gasteiger partial charge >= 0.3 is 17.9 Å². The second-order valence-electron chi connectivity index (χ2n) is 23.7. The van der Waals surface area contributed by atoms with Crippen molar-refractivity contribution in [2.24, 2.45) is 18.9 Å². The van der Waals surface area contributed by atoms with E-state index in [0.29, 0.717) is 12.8 Å². The van der Waals surface area contributed by atoms with Gasteiger partial charge in [-0.1, -0.05) is 61.9 Å². The average molecular weight is 1120 g/mol. The molecule has 4 rings (SSSR count). The Morgan fingerprint density at radius 2 is 1.25 bits per heavy atom. The number of amides is 4. The van der Waals surface area contributed by atoms with Crippen LogP contribution in [-0.2, 0) is 64.4 Å². The zero-order chi connectivity index (χ0) is 58.8. The highest BCUT2D eigenvalue weighted by molar-refractivity contribution is 7.18. The number of para-hydroxylation sites is 2. The van der Waals surface area contributed by atoms with Crippen molar-refractivity contribution < 1.29 is 61.9 Å². The van der Waals surface area contributed by atoms with Gasteiger partial charge in [-0.25, -0.2) is 0 Å². The number of ketones is 2. The van der Waals surface area contributed by atoms with Gasteiger partial charge in [0.25, 0.3) is 5.01 Å². The summed E-state index contributed by atoms with van der Waals surface area (Å²) in [5, 5.41) is 11.8. The number of ether oxygens (including phenoxy) is 3. The summed E-state index contributed by atoms with van der Waals surface area (Å²) in [6.07, 6.45) is 4.12. The van der Waals surface area contributed by atoms with Gasteiger partial charge in [0.1, 0.15) is 34.6 Å². The number of esters is 3. The van der Waals surface area contributed by atoms with Crippen LogP contribution in [0.15, 0.2) is 48.5 Å². The van der Waals surface area contributed by atoms with E-state index >= 15 is 0 Å². The number of hydrogen-bond acceptors (Lipinski definition) is 14. The summed E-state index contributed by atoms with van der Waals surface area (Å²) in [4.78, 5) is 122. The number of carbonyl (C=O) groups excluding carboxylic acids is 9. The molecule has 0 radical (unpaired) electrons. The molecule has 2 heterocycles. The molecule has 18 nitrogen and oxygen atoms in total. The minimum Gasteiger partial charge on any atom is -0.460 e. The van der Waals surface area contributed by atoms with E-state index in [1.54, 1.807) is 87.5 Å². The van der Waals surface area contributed by atoms with Crippen LogP contribution in [0.2, 0.25) is 0 Å². The number of hydrogen-bond donors (Lipinski definition) is 4. The van der Waals surface area contributed by atoms with E-state index in [-0.39, 0.29) is 38.1 Å². The maximum atomic E-state index is 14.2. The molecule has 79 heavy (non-hydrogen) atoms. The first-order valence-electron chi connectivity index (χ1n) is 27.7. The fourth-order valence-corrected chi connectivity index (χ4v) is 10.3. The first kappa shape index (κ1) is 65.0. The normalized spacial score (nSPS) is 14.8. The Balaban J connectivity index is 1.34. The van der Waals surface area contributed by atoms with Gasteiger partial charge in [0.2, 0.25) is 29.1 Å². The van der Waals surface area contributed by atoms with E-state index < -0.39 is 113 Å². The minimum atomic E-state index is -1.44. The Kier molecular flexibility index (Phi) is 24.4. The van der Waals surface area contributed by atoms with Crippen molar-refractivity contribution in [1.29, 1.82) is 0 Å². The number of aromatic nitrogens is 1. The van der Waals surface area contributed by atoms with Crippen LogP contribution < -0.4 is 30.7 Å². The molecule has 0 saturated heterocycles. The Morgan fingerprint density at radius 1 is 0.658 bits per heavy atom. The number of aryl methyl sites for hydroxylation is 1. The number of fused-ring (bicyclic) bond motifs is 2. The third kappa shape index (κ3) is 22.6. The van der Waals surface area contributed by atoms with Crippen molar-refractivity contribution >= 4 is 92.0 Å². The van der Waals surface area contributed by atoms with Crippen LogP contribution in [0.4, 0.5) is 5.69 Å². The van der Waals surface area contributed by atoms with E-state index in [1.807, 2.05) is 0 Å². The lowest BCUT2D eigenvalue weighted by atomic mass is 9.86. The molecule has 0 aliphatic carbocycles. The second-order valence-corrected chi connectivity index (χ2v) is 24.8. The summed E-state index contributed by atoms with van der Waals surface area (Å²) < 4.78 is 19.8. The zero-order valence-corrected chi connectivity index (χ0v) is 49.7. The van der Waals surface area contributed by atoms with Crippen LogP contribution in [0.5, 0.6) is 0 Å². The summed E-state index contributed by atoms with van der Waals surface area (Å²) in [7, 11) is 2.11. The number of unbranched alkanes of at least 4 members (excludes halogenated alkanes) is 2. The molecule has 2 aromatic carbocycles. The molecule has 1 aliphatic heterocycles. The van der Waals surface area contributed by atoms with Crippen molar-refractivity contribution in [2.45, 2.75) is 195 Å². The Morgan fingerprint density at radius 3 is 1.87 bits per heavy atom. The number of anilines is 1. The molecule has 1 aromatic heterocycles. The zero-order valence-electron chi connectivity index (χ0n) is 48.9. The number of rotatable bonds is 28. The SMILES string of the molecule is CC(=O)N[C@@H](CC(=O)OC(C)(C)C)C(=O)N[C@@H](CCC(=O)OC(C)(C)C)C(=O)C[C@H](C(=O)N[C@@H](CC(=O)OC(C)(C)C)C(=O)CCCNC(=O)CCCCCN1CCC(=Cc2sc3ccccc3[n+]2C)c2ccccc21)C(C)C. The lowest BCUT2D eigenvalue weighted by Gasteiger charge is -2.32. The van der Waals surface area contributed by atoms with Crippen molar-refractivity contribution in [3.8, 4) is 0 Å². The molecule has 4 N–H and O–H groups in total. The molecule has 1 aliphatic rings. The van der Waals surface area contributed by atoms with Gasteiger partial charge < -0.3 is 40.4 Å². The number of nitrogens with one attached hydrogen (secondary N) is 4. The maximum Gasteiger partial charge on any atom is 0.308 e. The molecule has 4 atom stereocenters. The standard InChI is InChI=1S/C60H86N6O12S/c1-38(2)42(35-49(69)43(28-29-53(71)76-58(4,5)6)63-57(75)45(62-39(3)67)37-55(73)78-60(10,11)12)56(74)64-44(36-54(72)77-59(7,8)9)48(68)25-21-31-61-51(70)27-15-14-20-32-66-33-30-40(41-22-16-17-23-46(41)66)34-52-65(13)47-24-18-19-26-50(47)79-52/h16-19,22-24,26,34,38,42-45H,14-15,20-21,25,27-33,35-37H2,1-13H3,(H3-,61,62,63,64,67,70,74,75)/p+1/t42-,43-,44-,45-/m0/s1. The lowest BCUT2D eigenvalue weighted by molar-refractivity contribution is -0.642. The molecule has 0 saturated carbocycles. The Labute approximate surface area is 470 Å². The van der Waals surface area contributed by atoms with Crippen molar-refractivity contribution in [3.05, 3.63) is 59.1 Å². The predicted molar refractivity (Wildman–Crippen MR) is 305 cm³/mol. The van der Waals surface area contributed by atoms with Crippen LogP contribution in [0.1, 0.15) is 171 Å². The van der Waals surface area contributed by atoms with Gasteiger partial charge in [-0.05, 0) is 118 Å². The van der Waals surface area contributed by atoms with Crippen molar-refractivity contribution in [3.63, 3.8) is 0 Å². The third-order valence-corrected chi connectivity index (χ3v) is 14.0. The van der Waals surface area contributed by atoms with Gasteiger partial charge in [0.15, 0.2) is 11.6 Å². The van der Waals surface area contributed by atoms with Crippen LogP contribution in [0.3, 0.4) is 0 Å². The highest BCUT2D eigenvalue weighted by Gasteiger charge is 2.36. The summed E-state index contributed by atoms with van der Waals surface area (Å²) in [6, 6.07) is 12.8. The second kappa shape index (κ2) is 29.6. The average Bonchev–Trinajstić information content (AvgIpc) is 3.72. The fraction of sp³-hybridized carbons (Fsp3) is 0.600. The summed E-state index contributed by atoms with van der Waals surface area (Å²) in [5.41, 5.74) is 2.36. The molecule has 19 heteroatoms. The van der Waals surface area contributed by atoms with Crippen LogP contribution in [0.25, 0.3) is 21.9 Å². The number of nitrogens with zero attached hydrogens (tertiary/aromatic N) is 2. The molecule has 3 aromatic rings. The number of carbonyl (C=O) groups is 9. The largest absolute Gasteiger partial charge is 0.460 e.